The molecule has 0 aromatic heterocycles. The van der Waals surface area contributed by atoms with Gasteiger partial charge in [0.15, 0.2) is 0 Å². The van der Waals surface area contributed by atoms with Crippen molar-refractivity contribution in [1.82, 2.24) is 0 Å². The highest BCUT2D eigenvalue weighted by molar-refractivity contribution is 5.70. The fourth-order valence-electron chi connectivity index (χ4n) is 5.04. The minimum Gasteiger partial charge on any atom is -0.542 e. The van der Waals surface area contributed by atoms with Crippen molar-refractivity contribution in [3.63, 3.8) is 0 Å². The Bertz CT molecular complexity index is 498. The van der Waals surface area contributed by atoms with E-state index in [0.29, 0.717) is 6.61 Å². The van der Waals surface area contributed by atoms with Crippen LogP contribution in [0.4, 0.5) is 13.2 Å². The van der Waals surface area contributed by atoms with Crippen molar-refractivity contribution in [3.8, 4) is 0 Å². The van der Waals surface area contributed by atoms with Gasteiger partial charge in [0.2, 0.25) is 0 Å². The summed E-state index contributed by atoms with van der Waals surface area (Å²) in [6, 6.07) is 0. The molecule has 0 heterocycles. The monoisotopic (exact) mass is 555 g/mol. The van der Waals surface area contributed by atoms with Crippen LogP contribution < -0.4 is 5.11 Å². The van der Waals surface area contributed by atoms with Gasteiger partial charge in [0.1, 0.15) is 12.5 Å². The first-order valence-corrected chi connectivity index (χ1v) is 15.5. The van der Waals surface area contributed by atoms with E-state index in [4.69, 9.17) is 19.7 Å². The second kappa shape index (κ2) is 27.7. The molecule has 0 aromatic rings. The smallest absolute Gasteiger partial charge is 0.430 e. The van der Waals surface area contributed by atoms with Gasteiger partial charge in [-0.2, -0.15) is 13.2 Å². The summed E-state index contributed by atoms with van der Waals surface area (Å²) in [4.78, 5) is 8.78. The van der Waals surface area contributed by atoms with E-state index in [2.05, 4.69) is 20.8 Å². The number of aliphatic hydroxyl groups is 1. The summed E-state index contributed by atoms with van der Waals surface area (Å²) in [6.45, 7) is 13.3. The quantitative estimate of drug-likeness (QED) is 0.0906. The van der Waals surface area contributed by atoms with Crippen molar-refractivity contribution in [2.75, 3.05) is 46.0 Å². The zero-order valence-corrected chi connectivity index (χ0v) is 24.9. The number of carboxylic acids is 1. The average Bonchev–Trinajstić information content (AvgIpc) is 2.86. The molecule has 0 rings (SSSR count). The molecule has 0 fully saturated rings. The highest BCUT2D eigenvalue weighted by atomic mass is 19.4. The topological polar surface area (TPSA) is 69.6 Å². The zero-order chi connectivity index (χ0) is 29.0. The van der Waals surface area contributed by atoms with Gasteiger partial charge in [-0.05, 0) is 25.7 Å². The van der Waals surface area contributed by atoms with Crippen LogP contribution in [-0.2, 0) is 9.53 Å². The van der Waals surface area contributed by atoms with Crippen molar-refractivity contribution >= 4 is 5.97 Å². The van der Waals surface area contributed by atoms with E-state index in [9.17, 15) is 13.2 Å². The van der Waals surface area contributed by atoms with Crippen molar-refractivity contribution in [2.45, 2.75) is 143 Å². The number of halogens is 3. The summed E-state index contributed by atoms with van der Waals surface area (Å²) in [5, 5.41) is 17.7. The molecule has 230 valence electrons. The molecule has 5 nitrogen and oxygen atoms in total. The molecule has 0 unspecified atom stereocenters. The fourth-order valence-corrected chi connectivity index (χ4v) is 5.04. The molecule has 0 atom stereocenters. The second-order valence-corrected chi connectivity index (χ2v) is 10.7. The van der Waals surface area contributed by atoms with Gasteiger partial charge in [0, 0.05) is 0 Å². The average molecular weight is 556 g/mol. The maximum Gasteiger partial charge on any atom is 0.430 e. The molecule has 0 aliphatic rings. The van der Waals surface area contributed by atoms with Crippen LogP contribution in [0.15, 0.2) is 0 Å². The van der Waals surface area contributed by atoms with E-state index in [1.54, 1.807) is 0 Å². The number of quaternary nitrogens is 1. The highest BCUT2D eigenvalue weighted by Crippen LogP contribution is 2.16. The molecule has 0 aliphatic heterocycles. The summed E-state index contributed by atoms with van der Waals surface area (Å²) in [6.07, 6.45) is 20.3. The van der Waals surface area contributed by atoms with Crippen LogP contribution in [0.3, 0.4) is 0 Å². The summed E-state index contributed by atoms with van der Waals surface area (Å²) in [5.74, 6) is -3.01. The molecule has 38 heavy (non-hydrogen) atoms. The number of aliphatic hydroxyl groups excluding tert-OH is 1. The van der Waals surface area contributed by atoms with Crippen molar-refractivity contribution < 1.29 is 37.4 Å². The Balaban J connectivity index is 0. The first-order valence-electron chi connectivity index (χ1n) is 15.5. The lowest BCUT2D eigenvalue weighted by molar-refractivity contribution is -0.928. The van der Waals surface area contributed by atoms with E-state index in [0.717, 1.165) is 13.2 Å². The molecule has 1 N–H and O–H groups in total. The van der Waals surface area contributed by atoms with Crippen LogP contribution in [0.25, 0.3) is 0 Å². The minimum atomic E-state index is -5.19. The van der Waals surface area contributed by atoms with E-state index in [1.807, 2.05) is 0 Å². The second-order valence-electron chi connectivity index (χ2n) is 10.7. The Morgan fingerprint density at radius 1 is 0.632 bits per heavy atom. The summed E-state index contributed by atoms with van der Waals surface area (Å²) in [7, 11) is 0. The molecule has 8 heteroatoms. The van der Waals surface area contributed by atoms with Gasteiger partial charge < -0.3 is 24.2 Å². The fraction of sp³-hybridized carbons (Fsp3) is 0.967. The van der Waals surface area contributed by atoms with Gasteiger partial charge in [0.25, 0.3) is 0 Å². The number of hydrogen-bond acceptors (Lipinski definition) is 4. The van der Waals surface area contributed by atoms with Crippen LogP contribution in [-0.4, -0.2) is 67.7 Å². The van der Waals surface area contributed by atoms with Gasteiger partial charge in [-0.15, -0.1) is 0 Å². The molecule has 0 bridgehead atoms. The zero-order valence-electron chi connectivity index (χ0n) is 24.9. The van der Waals surface area contributed by atoms with Crippen molar-refractivity contribution in [1.29, 1.82) is 0 Å². The number of carbonyl (C=O) groups excluding carboxylic acids is 1. The van der Waals surface area contributed by atoms with E-state index < -0.39 is 12.1 Å². The largest absolute Gasteiger partial charge is 0.542 e. The Labute approximate surface area is 232 Å². The van der Waals surface area contributed by atoms with Crippen LogP contribution >= 0.6 is 0 Å². The van der Waals surface area contributed by atoms with Gasteiger partial charge in [-0.1, -0.05) is 111 Å². The third-order valence-corrected chi connectivity index (χ3v) is 7.06. The standard InChI is InChI=1S/C28H60NO2.C2HF3O2/c1-4-7-8-9-10-11-12-13-14-15-16-17-18-19-20-21-24-29(22-5-2,23-6-3)25-27-31-28-26-30;3-2(4,5)1(6)7/h30H,4-28H2,1-3H3;(H,6,7)/q+1;/p-1. The normalized spacial score (nSPS) is 11.9. The van der Waals surface area contributed by atoms with Gasteiger partial charge in [-0.3, -0.25) is 0 Å². The number of carbonyl (C=O) groups is 1. The highest BCUT2D eigenvalue weighted by Gasteiger charge is 2.29. The van der Waals surface area contributed by atoms with Gasteiger partial charge >= 0.3 is 6.18 Å². The maximum absolute atomic E-state index is 10.5. The van der Waals surface area contributed by atoms with E-state index in [1.165, 1.54) is 140 Å². The number of hydrogen-bond donors (Lipinski definition) is 1. The van der Waals surface area contributed by atoms with Crippen LogP contribution in [0.2, 0.25) is 0 Å². The van der Waals surface area contributed by atoms with E-state index in [-0.39, 0.29) is 6.61 Å². The number of unbranched alkanes of at least 4 members (excludes halogenated alkanes) is 15. The molecule has 0 saturated heterocycles. The SMILES string of the molecule is CCCCCCCCCCCCCCCCCC[N+](CCC)(CCC)CCOCCO.O=C([O-])C(F)(F)F. The molecule has 0 aromatic carbocycles. The Hall–Kier alpha value is -0.860. The minimum absolute atomic E-state index is 0.140. The number of aliphatic carboxylic acids is 1. The first-order chi connectivity index (χ1) is 18.2. The Morgan fingerprint density at radius 3 is 1.32 bits per heavy atom. The van der Waals surface area contributed by atoms with Gasteiger partial charge in [0.05, 0.1) is 39.5 Å². The van der Waals surface area contributed by atoms with Crippen LogP contribution in [0, 0.1) is 0 Å². The Morgan fingerprint density at radius 2 is 1.00 bits per heavy atom. The van der Waals surface area contributed by atoms with Crippen molar-refractivity contribution in [2.24, 2.45) is 0 Å². The van der Waals surface area contributed by atoms with E-state index >= 15 is 0 Å². The van der Waals surface area contributed by atoms with Gasteiger partial charge in [-0.25, -0.2) is 0 Å². The van der Waals surface area contributed by atoms with Crippen molar-refractivity contribution in [3.05, 3.63) is 0 Å². The summed E-state index contributed by atoms with van der Waals surface area (Å²) >= 11 is 0. The van der Waals surface area contributed by atoms with Crippen LogP contribution in [0.5, 0.6) is 0 Å². The summed E-state index contributed by atoms with van der Waals surface area (Å²) in [5.41, 5.74) is 0. The number of carboxylic acid groups (broad SMARTS) is 1. The molecule has 0 spiro atoms. The molecular weight excluding hydrogens is 495 g/mol. The predicted octanol–water partition coefficient (Wildman–Crippen LogP) is 7.19. The molecule has 0 aliphatic carbocycles. The lowest BCUT2D eigenvalue weighted by atomic mass is 10.0. The number of ether oxygens (including phenoxy) is 1. The third kappa shape index (κ3) is 26.7. The number of nitrogens with zero attached hydrogens (tertiary/aromatic N) is 1. The predicted molar refractivity (Wildman–Crippen MR) is 149 cm³/mol. The lowest BCUT2D eigenvalue weighted by Crippen LogP contribution is -2.51. The van der Waals surface area contributed by atoms with Crippen LogP contribution in [0.1, 0.15) is 136 Å². The molecule has 0 saturated carbocycles. The Kier molecular flexibility index (Phi) is 28.6. The maximum atomic E-state index is 10.5. The molecular formula is C30H60F3NO4. The number of rotatable bonds is 26. The first kappa shape index (κ1) is 39.3. The number of alkyl halides is 3. The third-order valence-electron chi connectivity index (χ3n) is 7.06. The molecule has 0 amide bonds. The summed E-state index contributed by atoms with van der Waals surface area (Å²) < 4.78 is 38.4. The lowest BCUT2D eigenvalue weighted by Gasteiger charge is -2.38. The molecule has 0 radical (unpaired) electrons.